The van der Waals surface area contributed by atoms with E-state index < -0.39 is 0 Å². The molecule has 0 saturated carbocycles. The van der Waals surface area contributed by atoms with E-state index in [0.29, 0.717) is 15.7 Å². The minimum atomic E-state index is -0.303. The molecule has 2 N–H and O–H groups in total. The molecular formula is C19H15BrN2O2. The van der Waals surface area contributed by atoms with E-state index in [0.717, 1.165) is 16.8 Å². The average molecular weight is 383 g/mol. The summed E-state index contributed by atoms with van der Waals surface area (Å²) in [6, 6.07) is 16.5. The summed E-state index contributed by atoms with van der Waals surface area (Å²) in [6.07, 6.45) is 1.60. The lowest BCUT2D eigenvalue weighted by Gasteiger charge is -2.10. The Morgan fingerprint density at radius 1 is 1.12 bits per heavy atom. The Morgan fingerprint density at radius 2 is 1.88 bits per heavy atom. The first-order valence-electron chi connectivity index (χ1n) is 7.36. The number of pyridine rings is 1. The van der Waals surface area contributed by atoms with E-state index in [4.69, 9.17) is 0 Å². The smallest absolute Gasteiger partial charge is 0.255 e. The number of nitrogens with zero attached hydrogens (tertiary/aromatic N) is 1. The van der Waals surface area contributed by atoms with E-state index in [1.165, 1.54) is 0 Å². The molecule has 3 aromatic rings. The Kier molecular flexibility index (Phi) is 4.62. The second-order valence-electron chi connectivity index (χ2n) is 5.39. The van der Waals surface area contributed by atoms with E-state index in [1.807, 2.05) is 37.3 Å². The van der Waals surface area contributed by atoms with Crippen LogP contribution in [0, 0.1) is 6.92 Å². The van der Waals surface area contributed by atoms with E-state index in [1.54, 1.807) is 30.5 Å². The molecule has 0 spiro atoms. The molecule has 1 amide bonds. The molecule has 120 valence electrons. The van der Waals surface area contributed by atoms with E-state index in [-0.39, 0.29) is 11.7 Å². The molecular weight excluding hydrogens is 368 g/mol. The molecule has 24 heavy (non-hydrogen) atoms. The predicted octanol–water partition coefficient (Wildman–Crippen LogP) is 4.78. The molecule has 0 saturated heterocycles. The van der Waals surface area contributed by atoms with Crippen molar-refractivity contribution < 1.29 is 9.90 Å². The number of benzene rings is 2. The van der Waals surface area contributed by atoms with Crippen LogP contribution in [-0.2, 0) is 0 Å². The van der Waals surface area contributed by atoms with Crippen LogP contribution in [-0.4, -0.2) is 16.0 Å². The summed E-state index contributed by atoms with van der Waals surface area (Å²) in [5.41, 5.74) is 3.42. The third-order valence-electron chi connectivity index (χ3n) is 3.55. The predicted molar refractivity (Wildman–Crippen MR) is 98.2 cm³/mol. The maximum Gasteiger partial charge on any atom is 0.255 e. The van der Waals surface area contributed by atoms with Crippen LogP contribution in [0.1, 0.15) is 15.9 Å². The fourth-order valence-electron chi connectivity index (χ4n) is 2.36. The number of phenols is 1. The molecule has 0 aliphatic heterocycles. The standard InChI is InChI=1S/C19H15BrN2O2/c1-12-9-15(20)18(23)17(10-12)22-19(24)14-7-8-21-16(11-14)13-5-3-2-4-6-13/h2-11,23H,1H3,(H,22,24). The number of hydrogen-bond donors (Lipinski definition) is 2. The zero-order valence-electron chi connectivity index (χ0n) is 13.0. The van der Waals surface area contributed by atoms with Gasteiger partial charge >= 0.3 is 0 Å². The van der Waals surface area contributed by atoms with Gasteiger partial charge in [0, 0.05) is 17.3 Å². The van der Waals surface area contributed by atoms with Crippen molar-refractivity contribution in [3.8, 4) is 17.0 Å². The Balaban J connectivity index is 1.89. The highest BCUT2D eigenvalue weighted by Crippen LogP contribution is 2.33. The largest absolute Gasteiger partial charge is 0.505 e. The number of nitrogens with one attached hydrogen (secondary N) is 1. The van der Waals surface area contributed by atoms with Crippen LogP contribution in [0.4, 0.5) is 5.69 Å². The van der Waals surface area contributed by atoms with E-state index in [9.17, 15) is 9.90 Å². The SMILES string of the molecule is Cc1cc(Br)c(O)c(NC(=O)c2ccnc(-c3ccccc3)c2)c1. The molecule has 4 nitrogen and oxygen atoms in total. The maximum atomic E-state index is 12.5. The molecule has 5 heteroatoms. The fourth-order valence-corrected chi connectivity index (χ4v) is 2.94. The number of phenolic OH excluding ortho intramolecular Hbond substituents is 1. The highest BCUT2D eigenvalue weighted by atomic mass is 79.9. The average Bonchev–Trinajstić information content (AvgIpc) is 2.60. The van der Waals surface area contributed by atoms with Gasteiger partial charge in [0.2, 0.25) is 0 Å². The van der Waals surface area contributed by atoms with Crippen molar-refractivity contribution in [3.63, 3.8) is 0 Å². The van der Waals surface area contributed by atoms with Crippen molar-refractivity contribution in [2.24, 2.45) is 0 Å². The van der Waals surface area contributed by atoms with Crippen molar-refractivity contribution in [3.05, 3.63) is 76.4 Å². The van der Waals surface area contributed by atoms with Gasteiger partial charge in [-0.1, -0.05) is 30.3 Å². The molecule has 0 radical (unpaired) electrons. The number of halogens is 1. The number of amides is 1. The third kappa shape index (κ3) is 3.46. The first-order chi connectivity index (χ1) is 11.5. The second kappa shape index (κ2) is 6.84. The highest BCUT2D eigenvalue weighted by molar-refractivity contribution is 9.10. The summed E-state index contributed by atoms with van der Waals surface area (Å²) in [5, 5.41) is 12.8. The van der Waals surface area contributed by atoms with Crippen molar-refractivity contribution in [1.29, 1.82) is 0 Å². The van der Waals surface area contributed by atoms with Crippen molar-refractivity contribution in [2.45, 2.75) is 6.92 Å². The molecule has 3 rings (SSSR count). The van der Waals surface area contributed by atoms with Crippen LogP contribution in [0.15, 0.2) is 65.3 Å². The summed E-state index contributed by atoms with van der Waals surface area (Å²) >= 11 is 3.27. The highest BCUT2D eigenvalue weighted by Gasteiger charge is 2.13. The third-order valence-corrected chi connectivity index (χ3v) is 4.15. The molecule has 2 aromatic carbocycles. The molecule has 0 aliphatic carbocycles. The Morgan fingerprint density at radius 3 is 2.62 bits per heavy atom. The van der Waals surface area contributed by atoms with Gasteiger partial charge in [-0.15, -0.1) is 0 Å². The van der Waals surface area contributed by atoms with Gasteiger partial charge in [0.15, 0.2) is 5.75 Å². The summed E-state index contributed by atoms with van der Waals surface area (Å²) in [6.45, 7) is 1.89. The minimum Gasteiger partial charge on any atom is -0.505 e. The lowest BCUT2D eigenvalue weighted by atomic mass is 10.1. The zero-order chi connectivity index (χ0) is 17.1. The lowest BCUT2D eigenvalue weighted by molar-refractivity contribution is 0.102. The number of carbonyl (C=O) groups excluding carboxylic acids is 1. The van der Waals surface area contributed by atoms with Crippen LogP contribution in [0.2, 0.25) is 0 Å². The maximum absolute atomic E-state index is 12.5. The Hall–Kier alpha value is -2.66. The number of hydrogen-bond acceptors (Lipinski definition) is 3. The fraction of sp³-hybridized carbons (Fsp3) is 0.0526. The van der Waals surface area contributed by atoms with Crippen molar-refractivity contribution >= 4 is 27.5 Å². The normalized spacial score (nSPS) is 10.4. The van der Waals surface area contributed by atoms with Gasteiger partial charge in [0.05, 0.1) is 15.9 Å². The molecule has 0 bridgehead atoms. The number of carbonyl (C=O) groups is 1. The second-order valence-corrected chi connectivity index (χ2v) is 6.25. The molecule has 1 heterocycles. The lowest BCUT2D eigenvalue weighted by Crippen LogP contribution is -2.12. The van der Waals surface area contributed by atoms with Crippen molar-refractivity contribution in [2.75, 3.05) is 5.32 Å². The minimum absolute atomic E-state index is 0.00582. The van der Waals surface area contributed by atoms with Gasteiger partial charge < -0.3 is 10.4 Å². The first-order valence-corrected chi connectivity index (χ1v) is 8.16. The number of aromatic nitrogens is 1. The molecule has 0 unspecified atom stereocenters. The van der Waals surface area contributed by atoms with E-state index >= 15 is 0 Å². The van der Waals surface area contributed by atoms with Gasteiger partial charge in [-0.3, -0.25) is 9.78 Å². The summed E-state index contributed by atoms with van der Waals surface area (Å²) in [4.78, 5) is 16.8. The van der Waals surface area contributed by atoms with Gasteiger partial charge in [-0.05, 0) is 52.7 Å². The molecule has 0 fully saturated rings. The number of anilines is 1. The van der Waals surface area contributed by atoms with E-state index in [2.05, 4.69) is 26.2 Å². The van der Waals surface area contributed by atoms with Gasteiger partial charge in [0.1, 0.15) is 0 Å². The van der Waals surface area contributed by atoms with Crippen LogP contribution in [0.25, 0.3) is 11.3 Å². The topological polar surface area (TPSA) is 62.2 Å². The first kappa shape index (κ1) is 16.2. The van der Waals surface area contributed by atoms with Gasteiger partial charge in [-0.2, -0.15) is 0 Å². The monoisotopic (exact) mass is 382 g/mol. The summed E-state index contributed by atoms with van der Waals surface area (Å²) in [5.74, 6) is -0.298. The summed E-state index contributed by atoms with van der Waals surface area (Å²) in [7, 11) is 0. The number of aryl methyl sites for hydroxylation is 1. The Labute approximate surface area is 148 Å². The molecule has 0 atom stereocenters. The van der Waals surface area contributed by atoms with Crippen molar-refractivity contribution in [1.82, 2.24) is 4.98 Å². The number of aromatic hydroxyl groups is 1. The number of rotatable bonds is 3. The summed E-state index contributed by atoms with van der Waals surface area (Å²) < 4.78 is 0.539. The van der Waals surface area contributed by atoms with Crippen LogP contribution in [0.3, 0.4) is 0 Å². The Bertz CT molecular complexity index is 895. The quantitative estimate of drug-likeness (QED) is 0.640. The van der Waals surface area contributed by atoms with Crippen LogP contribution in [0.5, 0.6) is 5.75 Å². The zero-order valence-corrected chi connectivity index (χ0v) is 14.5. The van der Waals surface area contributed by atoms with Crippen LogP contribution < -0.4 is 5.32 Å². The van der Waals surface area contributed by atoms with Crippen LogP contribution >= 0.6 is 15.9 Å². The molecule has 1 aromatic heterocycles. The van der Waals surface area contributed by atoms with Gasteiger partial charge in [0.25, 0.3) is 5.91 Å². The van der Waals surface area contributed by atoms with Gasteiger partial charge in [-0.25, -0.2) is 0 Å². The molecule has 0 aliphatic rings.